The molecular weight excluding hydrogens is 430 g/mol. The smallest absolute Gasteiger partial charge is 0.325 e. The normalized spacial score (nSPS) is 17.4. The minimum Gasteiger partial charge on any atom is -0.489 e. The lowest BCUT2D eigenvalue weighted by atomic mass is 9.87. The highest BCUT2D eigenvalue weighted by atomic mass is 16.5. The first-order valence-electron chi connectivity index (χ1n) is 11.2. The number of imide groups is 1. The van der Waals surface area contributed by atoms with Crippen LogP contribution < -0.4 is 15.4 Å². The highest BCUT2D eigenvalue weighted by Gasteiger charge is 2.51. The fourth-order valence-electron chi connectivity index (χ4n) is 3.98. The summed E-state index contributed by atoms with van der Waals surface area (Å²) in [6.07, 6.45) is 0.387. The van der Waals surface area contributed by atoms with Gasteiger partial charge in [-0.1, -0.05) is 79.7 Å². The largest absolute Gasteiger partial charge is 0.489 e. The van der Waals surface area contributed by atoms with Crippen LogP contribution in [0.1, 0.15) is 30.0 Å². The van der Waals surface area contributed by atoms with E-state index in [2.05, 4.69) is 10.6 Å². The Morgan fingerprint density at radius 2 is 1.56 bits per heavy atom. The zero-order valence-electron chi connectivity index (χ0n) is 19.0. The summed E-state index contributed by atoms with van der Waals surface area (Å²) >= 11 is 0. The summed E-state index contributed by atoms with van der Waals surface area (Å²) in [6.45, 7) is 2.25. The molecule has 1 aliphatic rings. The molecule has 34 heavy (non-hydrogen) atoms. The predicted octanol–water partition coefficient (Wildman–Crippen LogP) is 3.74. The molecule has 2 N–H and O–H groups in total. The lowest BCUT2D eigenvalue weighted by Gasteiger charge is -2.25. The Kier molecular flexibility index (Phi) is 6.92. The van der Waals surface area contributed by atoms with Crippen LogP contribution in [0.15, 0.2) is 84.9 Å². The van der Waals surface area contributed by atoms with Gasteiger partial charge in [0.1, 0.15) is 24.4 Å². The van der Waals surface area contributed by atoms with Crippen molar-refractivity contribution in [2.24, 2.45) is 0 Å². The molecule has 3 aromatic carbocycles. The first-order chi connectivity index (χ1) is 16.5. The van der Waals surface area contributed by atoms with Crippen molar-refractivity contribution in [3.05, 3.63) is 102 Å². The van der Waals surface area contributed by atoms with Crippen LogP contribution in [-0.4, -0.2) is 29.3 Å². The second-order valence-corrected chi connectivity index (χ2v) is 8.14. The van der Waals surface area contributed by atoms with E-state index in [0.717, 1.165) is 21.8 Å². The lowest BCUT2D eigenvalue weighted by Crippen LogP contribution is -2.44. The average molecular weight is 458 g/mol. The molecule has 1 fully saturated rings. The Labute approximate surface area is 198 Å². The van der Waals surface area contributed by atoms with Crippen molar-refractivity contribution in [1.29, 1.82) is 0 Å². The molecule has 1 heterocycles. The Balaban J connectivity index is 1.30. The van der Waals surface area contributed by atoms with Crippen LogP contribution in [-0.2, 0) is 28.3 Å². The fraction of sp³-hybridized carbons (Fsp3) is 0.222. The number of hydrogen-bond acceptors (Lipinski definition) is 4. The van der Waals surface area contributed by atoms with Crippen molar-refractivity contribution in [3.8, 4) is 5.75 Å². The first-order valence-corrected chi connectivity index (χ1v) is 11.2. The van der Waals surface area contributed by atoms with Gasteiger partial charge in [-0.25, -0.2) is 4.79 Å². The Hall–Kier alpha value is -4.13. The number of urea groups is 1. The number of hydrogen-bond donors (Lipinski definition) is 2. The zero-order valence-corrected chi connectivity index (χ0v) is 19.0. The third-order valence-corrected chi connectivity index (χ3v) is 5.94. The molecule has 0 spiro atoms. The predicted molar refractivity (Wildman–Crippen MR) is 128 cm³/mol. The molecular formula is C27H27N3O4. The average Bonchev–Trinajstić information content (AvgIpc) is 3.13. The van der Waals surface area contributed by atoms with E-state index in [1.807, 2.05) is 79.7 Å². The summed E-state index contributed by atoms with van der Waals surface area (Å²) in [5, 5.41) is 5.56. The number of nitrogens with one attached hydrogen (secondary N) is 2. The van der Waals surface area contributed by atoms with E-state index in [1.54, 1.807) is 12.1 Å². The van der Waals surface area contributed by atoms with E-state index in [-0.39, 0.29) is 13.1 Å². The van der Waals surface area contributed by atoms with E-state index in [1.165, 1.54) is 0 Å². The Bertz CT molecular complexity index is 1150. The molecule has 0 radical (unpaired) electrons. The fourth-order valence-corrected chi connectivity index (χ4v) is 3.98. The highest BCUT2D eigenvalue weighted by molar-refractivity contribution is 6.09. The van der Waals surface area contributed by atoms with Crippen LogP contribution >= 0.6 is 0 Å². The molecule has 1 unspecified atom stereocenters. The van der Waals surface area contributed by atoms with Gasteiger partial charge < -0.3 is 15.4 Å². The molecule has 7 nitrogen and oxygen atoms in total. The van der Waals surface area contributed by atoms with Crippen LogP contribution in [0.4, 0.5) is 4.79 Å². The zero-order chi connectivity index (χ0) is 24.0. The SMILES string of the molecule is CCC1(c2ccccc2)NC(=O)N(CC(=O)NCc2ccc(OCc3ccccc3)cc2)C1=O. The monoisotopic (exact) mass is 457 g/mol. The van der Waals surface area contributed by atoms with Gasteiger partial charge in [0.15, 0.2) is 0 Å². The molecule has 0 aromatic heterocycles. The molecule has 1 aliphatic heterocycles. The van der Waals surface area contributed by atoms with E-state index in [4.69, 9.17) is 4.74 Å². The minimum absolute atomic E-state index is 0.277. The van der Waals surface area contributed by atoms with Crippen LogP contribution in [0.2, 0.25) is 0 Å². The molecule has 7 heteroatoms. The Morgan fingerprint density at radius 1 is 0.912 bits per heavy atom. The van der Waals surface area contributed by atoms with Crippen LogP contribution in [0, 0.1) is 0 Å². The van der Waals surface area contributed by atoms with Gasteiger partial charge in [-0.05, 0) is 35.2 Å². The van der Waals surface area contributed by atoms with Gasteiger partial charge in [-0.2, -0.15) is 0 Å². The number of ether oxygens (including phenoxy) is 1. The number of benzene rings is 3. The molecule has 0 aliphatic carbocycles. The summed E-state index contributed by atoms with van der Waals surface area (Å²) < 4.78 is 5.78. The maximum atomic E-state index is 13.1. The van der Waals surface area contributed by atoms with Gasteiger partial charge in [0.25, 0.3) is 5.91 Å². The summed E-state index contributed by atoms with van der Waals surface area (Å²) in [6, 6.07) is 25.8. The molecule has 174 valence electrons. The van der Waals surface area contributed by atoms with Crippen molar-refractivity contribution in [2.45, 2.75) is 32.0 Å². The van der Waals surface area contributed by atoms with Gasteiger partial charge in [-0.15, -0.1) is 0 Å². The first kappa shape index (κ1) is 23.0. The van der Waals surface area contributed by atoms with Crippen molar-refractivity contribution in [2.75, 3.05) is 6.54 Å². The maximum Gasteiger partial charge on any atom is 0.325 e. The molecule has 4 amide bonds. The standard InChI is InChI=1S/C27H27N3O4/c1-2-27(22-11-7-4-8-12-22)25(32)30(26(33)29-27)18-24(31)28-17-20-13-15-23(16-14-20)34-19-21-9-5-3-6-10-21/h3-16H,2,17-19H2,1H3,(H,28,31)(H,29,33). The number of carbonyl (C=O) groups excluding carboxylic acids is 3. The molecule has 0 bridgehead atoms. The molecule has 3 aromatic rings. The highest BCUT2D eigenvalue weighted by Crippen LogP contribution is 2.32. The van der Waals surface area contributed by atoms with Crippen LogP contribution in [0.5, 0.6) is 5.75 Å². The van der Waals surface area contributed by atoms with E-state index >= 15 is 0 Å². The summed E-state index contributed by atoms with van der Waals surface area (Å²) in [5.74, 6) is -0.0933. The van der Waals surface area contributed by atoms with Gasteiger partial charge >= 0.3 is 6.03 Å². The third kappa shape index (κ3) is 4.93. The third-order valence-electron chi connectivity index (χ3n) is 5.94. The summed E-state index contributed by atoms with van der Waals surface area (Å²) in [4.78, 5) is 39.2. The molecule has 1 atom stereocenters. The lowest BCUT2D eigenvalue weighted by molar-refractivity contribution is -0.135. The van der Waals surface area contributed by atoms with E-state index in [9.17, 15) is 14.4 Å². The van der Waals surface area contributed by atoms with Gasteiger partial charge in [0.05, 0.1) is 0 Å². The minimum atomic E-state index is -1.14. The van der Waals surface area contributed by atoms with Crippen LogP contribution in [0.25, 0.3) is 0 Å². The number of amides is 4. The second kappa shape index (κ2) is 10.2. The number of nitrogens with zero attached hydrogens (tertiary/aromatic N) is 1. The summed E-state index contributed by atoms with van der Waals surface area (Å²) in [5.41, 5.74) is 1.52. The van der Waals surface area contributed by atoms with Crippen molar-refractivity contribution >= 4 is 17.8 Å². The van der Waals surface area contributed by atoms with Gasteiger partial charge in [0.2, 0.25) is 5.91 Å². The quantitative estimate of drug-likeness (QED) is 0.479. The van der Waals surface area contributed by atoms with Gasteiger partial charge in [0, 0.05) is 6.54 Å². The number of carbonyl (C=O) groups is 3. The molecule has 4 rings (SSSR count). The van der Waals surface area contributed by atoms with Crippen molar-refractivity contribution in [3.63, 3.8) is 0 Å². The van der Waals surface area contributed by atoms with Gasteiger partial charge in [-0.3, -0.25) is 14.5 Å². The van der Waals surface area contributed by atoms with Crippen molar-refractivity contribution < 1.29 is 19.1 Å². The molecule has 1 saturated heterocycles. The second-order valence-electron chi connectivity index (χ2n) is 8.14. The van der Waals surface area contributed by atoms with E-state index in [0.29, 0.717) is 18.6 Å². The van der Waals surface area contributed by atoms with Crippen LogP contribution in [0.3, 0.4) is 0 Å². The maximum absolute atomic E-state index is 13.1. The topological polar surface area (TPSA) is 87.7 Å². The number of rotatable bonds is 9. The Morgan fingerprint density at radius 3 is 2.21 bits per heavy atom. The summed E-state index contributed by atoms with van der Waals surface area (Å²) in [7, 11) is 0. The molecule has 0 saturated carbocycles. The van der Waals surface area contributed by atoms with Crippen molar-refractivity contribution in [1.82, 2.24) is 15.5 Å². The van der Waals surface area contributed by atoms with E-state index < -0.39 is 23.4 Å².